The highest BCUT2D eigenvalue weighted by Crippen LogP contribution is 2.45. The number of rotatable bonds is 3. The van der Waals surface area contributed by atoms with Crippen LogP contribution in [0, 0.1) is 0 Å². The van der Waals surface area contributed by atoms with Gasteiger partial charge in [0.15, 0.2) is 5.82 Å². The molecular weight excluding hydrogens is 250 g/mol. The standard InChI is InChI=1S/C11H13N5OS.3H2/c1-3-12-10-7-6-8(13-5-14-9(6)18-10)16(4-2)11(17)15-7;;;/h5,12H,3-4H2,1-2H3,(H,15,17);3*1H/i;3*1+1D. The monoisotopic (exact) mass is 275 g/mol. The minimum absolute atomic E-state index is 0.137. The lowest BCUT2D eigenvalue weighted by molar-refractivity contribution is 0.257. The molecule has 2 aromatic heterocycles. The zero-order chi connectivity index (χ0) is 18.7. The molecule has 18 heavy (non-hydrogen) atoms. The van der Waals surface area contributed by atoms with Gasteiger partial charge in [0.25, 0.3) is 0 Å². The molecule has 7 heteroatoms. The summed E-state index contributed by atoms with van der Waals surface area (Å²) in [4.78, 5) is 23.0. The van der Waals surface area contributed by atoms with E-state index in [0.717, 1.165) is 27.4 Å². The van der Waals surface area contributed by atoms with Crippen LogP contribution in [0.5, 0.6) is 0 Å². The topological polar surface area (TPSA) is 70.1 Å². The van der Waals surface area contributed by atoms with Gasteiger partial charge >= 0.3 is 6.03 Å². The van der Waals surface area contributed by atoms with Crippen molar-refractivity contribution in [3.05, 3.63) is 6.33 Å². The van der Waals surface area contributed by atoms with E-state index in [0.29, 0.717) is 12.4 Å². The summed E-state index contributed by atoms with van der Waals surface area (Å²) in [6, 6.07) is -0.137. The Balaban J connectivity index is 0.000000798. The smallest absolute Gasteiger partial charge is 0.327 e. The van der Waals surface area contributed by atoms with Gasteiger partial charge in [0.2, 0.25) is 0 Å². The molecule has 0 aromatic carbocycles. The van der Waals surface area contributed by atoms with Crippen molar-refractivity contribution in [3.8, 4) is 0 Å². The second-order valence-electron chi connectivity index (χ2n) is 3.89. The Morgan fingerprint density at radius 1 is 1.56 bits per heavy atom. The fraction of sp³-hybridized carbons (Fsp3) is 0.364. The maximum atomic E-state index is 12.0. The molecule has 2 N–H and O–H groups in total. The minimum atomic E-state index is -0.137. The molecule has 100 valence electrons. The summed E-state index contributed by atoms with van der Waals surface area (Å²) < 4.78 is 30.0. The molecule has 2 amide bonds. The second kappa shape index (κ2) is 4.09. The first-order valence-corrected chi connectivity index (χ1v) is 6.67. The number of amides is 2. The molecule has 1 aliphatic heterocycles. The first-order valence-electron chi connectivity index (χ1n) is 8.86. The molecule has 6 nitrogen and oxygen atoms in total. The molecule has 0 saturated heterocycles. The summed E-state index contributed by atoms with van der Waals surface area (Å²) >= 11 is 1.54. The minimum Gasteiger partial charge on any atom is -0.375 e. The van der Waals surface area contributed by atoms with Crippen molar-refractivity contribution in [2.45, 2.75) is 13.8 Å². The van der Waals surface area contributed by atoms with Gasteiger partial charge in [-0.2, -0.15) is 0 Å². The molecule has 1 aliphatic rings. The zero-order valence-corrected chi connectivity index (χ0v) is 11.0. The van der Waals surface area contributed by atoms with Crippen LogP contribution in [-0.2, 0) is 0 Å². The van der Waals surface area contributed by atoms with E-state index in [1.807, 2.05) is 13.8 Å². The molecular formula is C11H19N5OS. The Bertz CT molecular complexity index is 643. The molecule has 0 spiro atoms. The number of hydrogen-bond acceptors (Lipinski definition) is 5. The van der Waals surface area contributed by atoms with Crippen molar-refractivity contribution in [3.63, 3.8) is 0 Å². The van der Waals surface area contributed by atoms with Gasteiger partial charge in [0.05, 0.1) is 11.1 Å². The summed E-state index contributed by atoms with van der Waals surface area (Å²) in [5.41, 5.74) is 0.808. The van der Waals surface area contributed by atoms with Crippen LogP contribution >= 0.6 is 11.3 Å². The molecule has 0 aliphatic carbocycles. The molecule has 3 rings (SSSR count). The van der Waals surface area contributed by atoms with Gasteiger partial charge in [0, 0.05) is 22.0 Å². The fourth-order valence-corrected chi connectivity index (χ4v) is 3.15. The van der Waals surface area contributed by atoms with E-state index in [1.165, 1.54) is 17.7 Å². The molecule has 0 bridgehead atoms. The van der Waals surface area contributed by atoms with E-state index in [9.17, 15) is 4.79 Å². The average Bonchev–Trinajstić information content (AvgIpc) is 2.99. The Kier molecular flexibility index (Phi) is 1.88. The van der Waals surface area contributed by atoms with Gasteiger partial charge in [-0.15, -0.1) is 0 Å². The maximum Gasteiger partial charge on any atom is 0.327 e. The van der Waals surface area contributed by atoms with Crippen molar-refractivity contribution in [2.75, 3.05) is 28.6 Å². The Morgan fingerprint density at radius 3 is 3.11 bits per heavy atom. The fourth-order valence-electron chi connectivity index (χ4n) is 2.09. The molecule has 3 heterocycles. The van der Waals surface area contributed by atoms with Crippen molar-refractivity contribution >= 4 is 44.1 Å². The lowest BCUT2D eigenvalue weighted by atomic mass is 10.2. The van der Waals surface area contributed by atoms with Crippen LogP contribution in [0.2, 0.25) is 0 Å². The highest BCUT2D eigenvalue weighted by Gasteiger charge is 2.29. The van der Waals surface area contributed by atoms with E-state index in [4.69, 9.17) is 8.91 Å². The second-order valence-corrected chi connectivity index (χ2v) is 4.89. The van der Waals surface area contributed by atoms with E-state index in [2.05, 4.69) is 20.6 Å². The lowest BCUT2D eigenvalue weighted by Crippen LogP contribution is -2.38. The third kappa shape index (κ3) is 1.43. The Hall–Kier alpha value is -1.89. The summed E-state index contributed by atoms with van der Waals surface area (Å²) in [6.45, 7) is 5.34. The van der Waals surface area contributed by atoms with Gasteiger partial charge in [-0.25, -0.2) is 14.8 Å². The lowest BCUT2D eigenvalue weighted by Gasteiger charge is -2.25. The van der Waals surface area contributed by atoms with Crippen molar-refractivity contribution in [1.29, 1.82) is 0 Å². The SMILES string of the molecule is CCNc1sc2ncnc3c2c1NC(=O)N3CC.[2H][2H].[2H][2H].[2H][2H]. The first-order chi connectivity index (χ1) is 11.8. The summed E-state index contributed by atoms with van der Waals surface area (Å²) in [5.74, 6) is 0.696. The zero-order valence-electron chi connectivity index (χ0n) is 16.1. The highest BCUT2D eigenvalue weighted by atomic mass is 32.1. The molecule has 0 unspecified atom stereocenters. The number of carbonyl (C=O) groups excluding carboxylic acids is 1. The molecule has 0 radical (unpaired) electrons. The molecule has 0 saturated carbocycles. The summed E-state index contributed by atoms with van der Waals surface area (Å²) in [6.07, 6.45) is 1.51. The van der Waals surface area contributed by atoms with Gasteiger partial charge in [-0.3, -0.25) is 4.90 Å². The van der Waals surface area contributed by atoms with Crippen LogP contribution < -0.4 is 15.5 Å². The highest BCUT2D eigenvalue weighted by molar-refractivity contribution is 7.23. The van der Waals surface area contributed by atoms with Crippen LogP contribution in [-0.4, -0.2) is 29.1 Å². The van der Waals surface area contributed by atoms with Gasteiger partial charge in [-0.05, 0) is 13.8 Å². The number of urea groups is 1. The number of thiophene rings is 1. The van der Waals surface area contributed by atoms with E-state index in [1.54, 1.807) is 4.90 Å². The number of aromatic nitrogens is 2. The Labute approximate surface area is 117 Å². The predicted molar refractivity (Wildman–Crippen MR) is 80.0 cm³/mol. The van der Waals surface area contributed by atoms with Gasteiger partial charge < -0.3 is 10.6 Å². The average molecular weight is 275 g/mol. The molecule has 2 aromatic rings. The molecule has 0 fully saturated rings. The van der Waals surface area contributed by atoms with E-state index < -0.39 is 0 Å². The maximum absolute atomic E-state index is 12.0. The van der Waals surface area contributed by atoms with Crippen LogP contribution in [0.3, 0.4) is 0 Å². The van der Waals surface area contributed by atoms with Crippen molar-refractivity contribution < 1.29 is 13.7 Å². The van der Waals surface area contributed by atoms with E-state index in [-0.39, 0.29) is 6.03 Å². The molecule has 0 atom stereocenters. The van der Waals surface area contributed by atoms with E-state index >= 15 is 0 Å². The third-order valence-electron chi connectivity index (χ3n) is 2.85. The Morgan fingerprint density at radius 2 is 2.39 bits per heavy atom. The van der Waals surface area contributed by atoms with Crippen LogP contribution in [0.25, 0.3) is 10.2 Å². The van der Waals surface area contributed by atoms with Crippen LogP contribution in [0.1, 0.15) is 22.8 Å². The van der Waals surface area contributed by atoms with Gasteiger partial charge in [-0.1, -0.05) is 11.3 Å². The summed E-state index contributed by atoms with van der Waals surface area (Å²) in [5, 5.41) is 8.04. The normalized spacial score (nSPS) is 15.2. The number of hydrogen-bond donors (Lipinski definition) is 2. The first kappa shape index (κ1) is 8.25. The summed E-state index contributed by atoms with van der Waals surface area (Å²) in [7, 11) is 0. The quantitative estimate of drug-likeness (QED) is 0.902. The number of nitrogens with one attached hydrogen (secondary N) is 2. The van der Waals surface area contributed by atoms with Crippen molar-refractivity contribution in [2.24, 2.45) is 0 Å². The predicted octanol–water partition coefficient (Wildman–Crippen LogP) is 3.23. The number of carbonyl (C=O) groups is 1. The third-order valence-corrected chi connectivity index (χ3v) is 3.91. The van der Waals surface area contributed by atoms with Gasteiger partial charge in [0.1, 0.15) is 16.2 Å². The van der Waals surface area contributed by atoms with Crippen LogP contribution in [0.4, 0.5) is 21.3 Å². The van der Waals surface area contributed by atoms with Crippen LogP contribution in [0.15, 0.2) is 6.33 Å². The number of anilines is 3. The number of nitrogens with zero attached hydrogens (tertiary/aromatic N) is 3. The largest absolute Gasteiger partial charge is 0.375 e. The van der Waals surface area contributed by atoms with Crippen molar-refractivity contribution in [1.82, 2.24) is 9.97 Å².